The molecule has 0 saturated carbocycles. The minimum Gasteiger partial charge on any atom is -0.271 e. The molecular weight excluding hydrogens is 244 g/mol. The van der Waals surface area contributed by atoms with Gasteiger partial charge in [-0.3, -0.25) is 5.84 Å². The van der Waals surface area contributed by atoms with Crippen LogP contribution < -0.4 is 11.3 Å². The Morgan fingerprint density at radius 3 is 2.35 bits per heavy atom. The summed E-state index contributed by atoms with van der Waals surface area (Å²) in [6.07, 6.45) is 3.70. The van der Waals surface area contributed by atoms with Crippen LogP contribution >= 0.6 is 0 Å². The lowest BCUT2D eigenvalue weighted by Gasteiger charge is -2.19. The molecule has 3 N–H and O–H groups in total. The average Bonchev–Trinajstić information content (AvgIpc) is 2.91. The summed E-state index contributed by atoms with van der Waals surface area (Å²) in [5, 5.41) is 0. The Labute approximate surface area is 121 Å². The van der Waals surface area contributed by atoms with Gasteiger partial charge in [0.05, 0.1) is 6.04 Å². The van der Waals surface area contributed by atoms with Gasteiger partial charge in [0, 0.05) is 0 Å². The highest BCUT2D eigenvalue weighted by molar-refractivity contribution is 5.41. The summed E-state index contributed by atoms with van der Waals surface area (Å²) in [5.41, 5.74) is 11.1. The van der Waals surface area contributed by atoms with Crippen LogP contribution in [-0.4, -0.2) is 0 Å². The fourth-order valence-electron chi connectivity index (χ4n) is 3.10. The first-order valence-corrected chi connectivity index (χ1v) is 7.34. The van der Waals surface area contributed by atoms with Crippen LogP contribution in [0.25, 0.3) is 0 Å². The number of hydrazine groups is 1. The first-order valence-electron chi connectivity index (χ1n) is 7.34. The van der Waals surface area contributed by atoms with Crippen LogP contribution in [-0.2, 0) is 12.8 Å². The molecule has 1 unspecified atom stereocenters. The molecule has 0 saturated heterocycles. The molecule has 3 rings (SSSR count). The fraction of sp³-hybridized carbons (Fsp3) is 0.333. The van der Waals surface area contributed by atoms with E-state index in [2.05, 4.69) is 55.7 Å². The minimum absolute atomic E-state index is 0.0696. The predicted octanol–water partition coefficient (Wildman–Crippen LogP) is 3.34. The number of nitrogens with two attached hydrogens (primary N) is 1. The molecular formula is C18H22N2. The van der Waals surface area contributed by atoms with Gasteiger partial charge in [0.15, 0.2) is 0 Å². The van der Waals surface area contributed by atoms with Gasteiger partial charge in [-0.1, -0.05) is 36.4 Å². The zero-order valence-electron chi connectivity index (χ0n) is 12.2. The van der Waals surface area contributed by atoms with Crippen molar-refractivity contribution in [1.82, 2.24) is 5.43 Å². The van der Waals surface area contributed by atoms with Gasteiger partial charge < -0.3 is 0 Å². The van der Waals surface area contributed by atoms with Crippen molar-refractivity contribution in [3.8, 4) is 0 Å². The van der Waals surface area contributed by atoms with Crippen molar-refractivity contribution in [2.75, 3.05) is 0 Å². The Morgan fingerprint density at radius 2 is 1.60 bits per heavy atom. The van der Waals surface area contributed by atoms with Crippen LogP contribution in [0.5, 0.6) is 0 Å². The van der Waals surface area contributed by atoms with Crippen LogP contribution in [0.1, 0.15) is 45.8 Å². The first kappa shape index (κ1) is 13.3. The Morgan fingerprint density at radius 1 is 0.900 bits per heavy atom. The molecule has 2 aromatic rings. The molecule has 1 atom stereocenters. The summed E-state index contributed by atoms with van der Waals surface area (Å²) < 4.78 is 0. The lowest BCUT2D eigenvalue weighted by molar-refractivity contribution is 0.635. The van der Waals surface area contributed by atoms with Crippen molar-refractivity contribution in [3.63, 3.8) is 0 Å². The average molecular weight is 266 g/mol. The van der Waals surface area contributed by atoms with Crippen molar-refractivity contribution in [3.05, 3.63) is 69.8 Å². The van der Waals surface area contributed by atoms with E-state index in [0.29, 0.717) is 0 Å². The molecule has 0 amide bonds. The molecule has 20 heavy (non-hydrogen) atoms. The van der Waals surface area contributed by atoms with Gasteiger partial charge in [-0.05, 0) is 66.5 Å². The predicted molar refractivity (Wildman–Crippen MR) is 83.5 cm³/mol. The Balaban J connectivity index is 1.98. The van der Waals surface area contributed by atoms with E-state index in [1.807, 2.05) is 0 Å². The highest BCUT2D eigenvalue weighted by Gasteiger charge is 2.17. The number of benzene rings is 2. The van der Waals surface area contributed by atoms with E-state index in [4.69, 9.17) is 5.84 Å². The minimum atomic E-state index is 0.0696. The van der Waals surface area contributed by atoms with Crippen molar-refractivity contribution in [2.45, 2.75) is 39.2 Å². The maximum absolute atomic E-state index is 5.82. The second kappa shape index (κ2) is 5.39. The van der Waals surface area contributed by atoms with Crippen LogP contribution in [0, 0.1) is 13.8 Å². The SMILES string of the molecule is Cc1ccc(C(NN)c2ccc3c(c2)CCC3)cc1C. The van der Waals surface area contributed by atoms with Gasteiger partial charge in [-0.2, -0.15) is 0 Å². The van der Waals surface area contributed by atoms with E-state index in [0.717, 1.165) is 0 Å². The summed E-state index contributed by atoms with van der Waals surface area (Å²) in [6.45, 7) is 4.29. The van der Waals surface area contributed by atoms with Crippen molar-refractivity contribution < 1.29 is 0 Å². The molecule has 0 aliphatic heterocycles. The van der Waals surface area contributed by atoms with E-state index in [1.165, 1.54) is 52.6 Å². The van der Waals surface area contributed by atoms with Crippen LogP contribution in [0.15, 0.2) is 36.4 Å². The Kier molecular flexibility index (Phi) is 3.60. The van der Waals surface area contributed by atoms with E-state index < -0.39 is 0 Å². The molecule has 1 aliphatic carbocycles. The van der Waals surface area contributed by atoms with Gasteiger partial charge in [0.1, 0.15) is 0 Å². The number of fused-ring (bicyclic) bond motifs is 1. The lowest BCUT2D eigenvalue weighted by Crippen LogP contribution is -2.29. The number of hydrogen-bond donors (Lipinski definition) is 2. The summed E-state index contributed by atoms with van der Waals surface area (Å²) in [6, 6.07) is 13.4. The molecule has 104 valence electrons. The van der Waals surface area contributed by atoms with Gasteiger partial charge >= 0.3 is 0 Å². The Hall–Kier alpha value is -1.64. The fourth-order valence-corrected chi connectivity index (χ4v) is 3.10. The maximum Gasteiger partial charge on any atom is 0.0710 e. The maximum atomic E-state index is 5.82. The van der Waals surface area contributed by atoms with E-state index in [1.54, 1.807) is 0 Å². The molecule has 0 radical (unpaired) electrons. The van der Waals surface area contributed by atoms with Gasteiger partial charge in [0.25, 0.3) is 0 Å². The number of nitrogens with one attached hydrogen (secondary N) is 1. The molecule has 0 fully saturated rings. The lowest BCUT2D eigenvalue weighted by atomic mass is 9.94. The Bertz CT molecular complexity index is 631. The van der Waals surface area contributed by atoms with E-state index in [-0.39, 0.29) is 6.04 Å². The summed E-state index contributed by atoms with van der Waals surface area (Å²) in [5.74, 6) is 5.82. The van der Waals surface area contributed by atoms with Crippen molar-refractivity contribution in [1.29, 1.82) is 0 Å². The first-order chi connectivity index (χ1) is 9.69. The normalized spacial score (nSPS) is 15.2. The topological polar surface area (TPSA) is 38.0 Å². The van der Waals surface area contributed by atoms with Crippen LogP contribution in [0.4, 0.5) is 0 Å². The van der Waals surface area contributed by atoms with E-state index in [9.17, 15) is 0 Å². The molecule has 0 bridgehead atoms. The quantitative estimate of drug-likeness (QED) is 0.660. The number of rotatable bonds is 3. The van der Waals surface area contributed by atoms with E-state index >= 15 is 0 Å². The monoisotopic (exact) mass is 266 g/mol. The summed E-state index contributed by atoms with van der Waals surface area (Å²) >= 11 is 0. The van der Waals surface area contributed by atoms with Crippen molar-refractivity contribution >= 4 is 0 Å². The van der Waals surface area contributed by atoms with Crippen LogP contribution in [0.3, 0.4) is 0 Å². The zero-order valence-corrected chi connectivity index (χ0v) is 12.2. The van der Waals surface area contributed by atoms with Crippen LogP contribution in [0.2, 0.25) is 0 Å². The molecule has 0 spiro atoms. The molecule has 0 heterocycles. The molecule has 1 aliphatic rings. The summed E-state index contributed by atoms with van der Waals surface area (Å²) in [7, 11) is 0. The second-order valence-electron chi connectivity index (χ2n) is 5.83. The standard InChI is InChI=1S/C18H22N2/c1-12-6-7-16(10-13(12)2)18(20-19)17-9-8-14-4-3-5-15(14)11-17/h6-11,18,20H,3-5,19H2,1-2H3. The number of aryl methyl sites for hydroxylation is 4. The summed E-state index contributed by atoms with van der Waals surface area (Å²) in [4.78, 5) is 0. The smallest absolute Gasteiger partial charge is 0.0710 e. The van der Waals surface area contributed by atoms with Gasteiger partial charge in [-0.25, -0.2) is 5.43 Å². The highest BCUT2D eigenvalue weighted by Crippen LogP contribution is 2.28. The van der Waals surface area contributed by atoms with Crippen molar-refractivity contribution in [2.24, 2.45) is 5.84 Å². The van der Waals surface area contributed by atoms with Gasteiger partial charge in [-0.15, -0.1) is 0 Å². The highest BCUT2D eigenvalue weighted by atomic mass is 15.2. The third-order valence-corrected chi connectivity index (χ3v) is 4.49. The molecule has 2 aromatic carbocycles. The zero-order chi connectivity index (χ0) is 14.1. The third-order valence-electron chi connectivity index (χ3n) is 4.49. The number of hydrogen-bond acceptors (Lipinski definition) is 2. The molecule has 2 nitrogen and oxygen atoms in total. The second-order valence-corrected chi connectivity index (χ2v) is 5.83. The largest absolute Gasteiger partial charge is 0.271 e. The molecule has 2 heteroatoms. The van der Waals surface area contributed by atoms with Gasteiger partial charge in [0.2, 0.25) is 0 Å². The molecule has 0 aromatic heterocycles. The third kappa shape index (κ3) is 2.37.